The zero-order valence-corrected chi connectivity index (χ0v) is 10.0. The molecule has 1 N–H and O–H groups in total. The number of carboxylic acids is 1. The predicted molar refractivity (Wildman–Crippen MR) is 65.0 cm³/mol. The molecule has 1 saturated carbocycles. The Bertz CT molecular complexity index is 465. The minimum atomic E-state index is -0.694. The lowest BCUT2D eigenvalue weighted by molar-refractivity contribution is -0.139. The van der Waals surface area contributed by atoms with Crippen LogP contribution in [0.25, 0.3) is 0 Å². The van der Waals surface area contributed by atoms with E-state index in [2.05, 4.69) is 17.9 Å². The first kappa shape index (κ1) is 10.8. The van der Waals surface area contributed by atoms with Gasteiger partial charge in [0.15, 0.2) is 0 Å². The van der Waals surface area contributed by atoms with Crippen LogP contribution in [0.4, 0.5) is 0 Å². The van der Waals surface area contributed by atoms with E-state index in [4.69, 9.17) is 0 Å². The van der Waals surface area contributed by atoms with Crippen LogP contribution in [0.1, 0.15) is 35.4 Å². The average molecular weight is 231 g/mol. The fourth-order valence-electron chi connectivity index (χ4n) is 2.76. The Hall–Kier alpha value is -1.35. The van der Waals surface area contributed by atoms with Gasteiger partial charge in [-0.25, -0.2) is 0 Å². The molecule has 3 rings (SSSR count). The van der Waals surface area contributed by atoms with Gasteiger partial charge in [0.1, 0.15) is 0 Å². The number of aliphatic carboxylic acids is 1. The quantitative estimate of drug-likeness (QED) is 0.847. The van der Waals surface area contributed by atoms with E-state index in [1.807, 2.05) is 12.1 Å². The van der Waals surface area contributed by atoms with Crippen molar-refractivity contribution in [1.82, 2.24) is 4.90 Å². The number of aryl methyl sites for hydroxylation is 1. The summed E-state index contributed by atoms with van der Waals surface area (Å²) in [5.74, 6) is -1.04. The fraction of sp³-hybridized carbons (Fsp3) is 0.500. The summed E-state index contributed by atoms with van der Waals surface area (Å²) in [6, 6.07) is 6.78. The molecule has 1 fully saturated rings. The van der Waals surface area contributed by atoms with E-state index in [1.165, 1.54) is 24.0 Å². The number of carboxylic acid groups (broad SMARTS) is 1. The molecule has 3 heteroatoms. The lowest BCUT2D eigenvalue weighted by Gasteiger charge is -2.33. The molecule has 17 heavy (non-hydrogen) atoms. The molecular formula is C14H17NO2. The number of nitrogens with zero attached hydrogens (tertiary/aromatic N) is 1. The molecule has 1 aliphatic heterocycles. The molecule has 0 amide bonds. The molecule has 1 atom stereocenters. The first-order valence-corrected chi connectivity index (χ1v) is 6.21. The second kappa shape index (κ2) is 3.84. The third-order valence-electron chi connectivity index (χ3n) is 3.83. The number of hydrogen-bond acceptors (Lipinski definition) is 2. The summed E-state index contributed by atoms with van der Waals surface area (Å²) in [6.07, 6.45) is 2.46. The maximum Gasteiger partial charge on any atom is 0.312 e. The van der Waals surface area contributed by atoms with Crippen LogP contribution in [0, 0.1) is 6.92 Å². The molecule has 1 unspecified atom stereocenters. The van der Waals surface area contributed by atoms with E-state index < -0.39 is 5.97 Å². The highest BCUT2D eigenvalue weighted by Gasteiger charge is 2.37. The van der Waals surface area contributed by atoms with Gasteiger partial charge in [0.2, 0.25) is 0 Å². The number of carbonyl (C=O) groups is 1. The summed E-state index contributed by atoms with van der Waals surface area (Å²) in [5, 5.41) is 9.35. The highest BCUT2D eigenvalue weighted by molar-refractivity contribution is 5.77. The molecule has 0 aromatic heterocycles. The van der Waals surface area contributed by atoms with Gasteiger partial charge in [0, 0.05) is 19.1 Å². The smallest absolute Gasteiger partial charge is 0.312 e. The molecule has 0 radical (unpaired) electrons. The van der Waals surface area contributed by atoms with Gasteiger partial charge < -0.3 is 5.11 Å². The van der Waals surface area contributed by atoms with Gasteiger partial charge >= 0.3 is 5.97 Å². The SMILES string of the molecule is Cc1ccc2c(c1)CN(C1CC1)CC2C(=O)O. The largest absolute Gasteiger partial charge is 0.481 e. The van der Waals surface area contributed by atoms with Crippen molar-refractivity contribution >= 4 is 5.97 Å². The first-order chi connectivity index (χ1) is 8.15. The van der Waals surface area contributed by atoms with Crippen molar-refractivity contribution in [2.75, 3.05) is 6.54 Å². The van der Waals surface area contributed by atoms with Crippen molar-refractivity contribution in [1.29, 1.82) is 0 Å². The molecule has 3 nitrogen and oxygen atoms in total. The van der Waals surface area contributed by atoms with E-state index in [1.54, 1.807) is 0 Å². The zero-order valence-electron chi connectivity index (χ0n) is 10.0. The van der Waals surface area contributed by atoms with Gasteiger partial charge in [-0.2, -0.15) is 0 Å². The van der Waals surface area contributed by atoms with E-state index in [0.717, 1.165) is 12.1 Å². The molecule has 1 heterocycles. The minimum absolute atomic E-state index is 0.347. The summed E-state index contributed by atoms with van der Waals surface area (Å²) < 4.78 is 0. The van der Waals surface area contributed by atoms with Crippen LogP contribution in [0.15, 0.2) is 18.2 Å². The monoisotopic (exact) mass is 231 g/mol. The molecule has 90 valence electrons. The van der Waals surface area contributed by atoms with Crippen LogP contribution in [-0.2, 0) is 11.3 Å². The Balaban J connectivity index is 1.98. The lowest BCUT2D eigenvalue weighted by Crippen LogP contribution is -2.38. The summed E-state index contributed by atoms with van der Waals surface area (Å²) in [6.45, 7) is 3.66. The standard InChI is InChI=1S/C14H17NO2/c1-9-2-5-12-10(6-9)7-15(11-3-4-11)8-13(12)14(16)17/h2,5-6,11,13H,3-4,7-8H2,1H3,(H,16,17). The maximum absolute atomic E-state index is 11.4. The van der Waals surface area contributed by atoms with E-state index in [-0.39, 0.29) is 5.92 Å². The maximum atomic E-state index is 11.4. The molecule has 1 aliphatic carbocycles. The molecule has 2 aliphatic rings. The van der Waals surface area contributed by atoms with E-state index >= 15 is 0 Å². The van der Waals surface area contributed by atoms with Crippen LogP contribution < -0.4 is 0 Å². The van der Waals surface area contributed by atoms with Crippen LogP contribution in [0.2, 0.25) is 0 Å². The Morgan fingerprint density at radius 2 is 2.18 bits per heavy atom. The fourth-order valence-corrected chi connectivity index (χ4v) is 2.76. The second-order valence-corrected chi connectivity index (χ2v) is 5.25. The van der Waals surface area contributed by atoms with Gasteiger partial charge in [-0.05, 0) is 30.9 Å². The molecule has 0 saturated heterocycles. The van der Waals surface area contributed by atoms with Crippen LogP contribution >= 0.6 is 0 Å². The topological polar surface area (TPSA) is 40.5 Å². The highest BCUT2D eigenvalue weighted by atomic mass is 16.4. The summed E-state index contributed by atoms with van der Waals surface area (Å²) in [7, 11) is 0. The number of rotatable bonds is 2. The summed E-state index contributed by atoms with van der Waals surface area (Å²) in [5.41, 5.74) is 3.43. The highest BCUT2D eigenvalue weighted by Crippen LogP contribution is 2.36. The van der Waals surface area contributed by atoms with Crippen molar-refractivity contribution in [3.05, 3.63) is 34.9 Å². The molecule has 1 aromatic rings. The summed E-state index contributed by atoms with van der Waals surface area (Å²) >= 11 is 0. The Morgan fingerprint density at radius 3 is 2.82 bits per heavy atom. The molecular weight excluding hydrogens is 214 g/mol. The van der Waals surface area contributed by atoms with Crippen molar-refractivity contribution < 1.29 is 9.90 Å². The van der Waals surface area contributed by atoms with Crippen molar-refractivity contribution in [2.45, 2.75) is 38.3 Å². The van der Waals surface area contributed by atoms with Gasteiger partial charge in [-0.1, -0.05) is 23.8 Å². The zero-order chi connectivity index (χ0) is 12.0. The van der Waals surface area contributed by atoms with E-state index in [9.17, 15) is 9.90 Å². The van der Waals surface area contributed by atoms with Crippen molar-refractivity contribution in [3.63, 3.8) is 0 Å². The van der Waals surface area contributed by atoms with Gasteiger partial charge in [-0.3, -0.25) is 9.69 Å². The van der Waals surface area contributed by atoms with Crippen LogP contribution in [0.5, 0.6) is 0 Å². The molecule has 1 aromatic carbocycles. The lowest BCUT2D eigenvalue weighted by atomic mass is 9.88. The number of benzene rings is 1. The third kappa shape index (κ3) is 1.95. The Labute approximate surface area is 101 Å². The predicted octanol–water partition coefficient (Wildman–Crippen LogP) is 2.14. The van der Waals surface area contributed by atoms with Crippen molar-refractivity contribution in [2.24, 2.45) is 0 Å². The van der Waals surface area contributed by atoms with Crippen molar-refractivity contribution in [3.8, 4) is 0 Å². The van der Waals surface area contributed by atoms with Gasteiger partial charge in [0.05, 0.1) is 5.92 Å². The van der Waals surface area contributed by atoms with E-state index in [0.29, 0.717) is 12.6 Å². The van der Waals surface area contributed by atoms with Gasteiger partial charge in [-0.15, -0.1) is 0 Å². The van der Waals surface area contributed by atoms with Crippen LogP contribution in [0.3, 0.4) is 0 Å². The minimum Gasteiger partial charge on any atom is -0.481 e. The number of fused-ring (bicyclic) bond motifs is 1. The Morgan fingerprint density at radius 1 is 1.41 bits per heavy atom. The second-order valence-electron chi connectivity index (χ2n) is 5.25. The normalized spacial score (nSPS) is 24.4. The van der Waals surface area contributed by atoms with Gasteiger partial charge in [0.25, 0.3) is 0 Å². The first-order valence-electron chi connectivity index (χ1n) is 6.21. The molecule has 0 bridgehead atoms. The molecule has 0 spiro atoms. The average Bonchev–Trinajstić information content (AvgIpc) is 3.10. The summed E-state index contributed by atoms with van der Waals surface area (Å²) in [4.78, 5) is 13.7. The number of hydrogen-bond donors (Lipinski definition) is 1. The Kier molecular flexibility index (Phi) is 2.44. The van der Waals surface area contributed by atoms with Crippen LogP contribution in [-0.4, -0.2) is 28.6 Å². The third-order valence-corrected chi connectivity index (χ3v) is 3.83.